The zero-order valence-corrected chi connectivity index (χ0v) is 16.7. The lowest BCUT2D eigenvalue weighted by Gasteiger charge is -2.07. The van der Waals surface area contributed by atoms with Gasteiger partial charge in [-0.3, -0.25) is 13.9 Å². The van der Waals surface area contributed by atoms with Crippen LogP contribution < -0.4 is 11.0 Å². The van der Waals surface area contributed by atoms with E-state index < -0.39 is 11.7 Å². The Kier molecular flexibility index (Phi) is 4.94. The van der Waals surface area contributed by atoms with Gasteiger partial charge in [0.1, 0.15) is 12.4 Å². The molecule has 0 aliphatic heterocycles. The molecule has 30 heavy (non-hydrogen) atoms. The van der Waals surface area contributed by atoms with Crippen molar-refractivity contribution in [1.29, 1.82) is 0 Å². The smallest absolute Gasteiger partial charge is 0.329 e. The summed E-state index contributed by atoms with van der Waals surface area (Å²) >= 11 is 0. The first kappa shape index (κ1) is 19.6. The van der Waals surface area contributed by atoms with Crippen LogP contribution in [0.15, 0.2) is 51.8 Å². The lowest BCUT2D eigenvalue weighted by Crippen LogP contribution is -2.30. The SMILES string of the molecule is Cc1nc(-c2ccc3c(c2)n(CC(=O)Nc2ccccc2F)c(=O)n3C(C)C)no1. The summed E-state index contributed by atoms with van der Waals surface area (Å²) < 4.78 is 21.9. The van der Waals surface area contributed by atoms with Crippen LogP contribution in [-0.4, -0.2) is 25.2 Å². The van der Waals surface area contributed by atoms with Crippen LogP contribution in [0.5, 0.6) is 0 Å². The van der Waals surface area contributed by atoms with E-state index >= 15 is 0 Å². The molecule has 0 radical (unpaired) electrons. The van der Waals surface area contributed by atoms with Crippen LogP contribution in [0, 0.1) is 12.7 Å². The summed E-state index contributed by atoms with van der Waals surface area (Å²) in [7, 11) is 0. The average molecular weight is 409 g/mol. The number of para-hydroxylation sites is 1. The van der Waals surface area contributed by atoms with Crippen LogP contribution in [0.25, 0.3) is 22.4 Å². The van der Waals surface area contributed by atoms with Gasteiger partial charge in [-0.2, -0.15) is 4.98 Å². The van der Waals surface area contributed by atoms with E-state index in [9.17, 15) is 14.0 Å². The molecule has 0 unspecified atom stereocenters. The van der Waals surface area contributed by atoms with Gasteiger partial charge in [-0.05, 0) is 44.2 Å². The number of carbonyl (C=O) groups excluding carboxylic acids is 1. The molecular formula is C21H20FN5O3. The lowest BCUT2D eigenvalue weighted by molar-refractivity contribution is -0.116. The van der Waals surface area contributed by atoms with E-state index in [2.05, 4.69) is 15.5 Å². The van der Waals surface area contributed by atoms with Crippen molar-refractivity contribution in [3.63, 3.8) is 0 Å². The van der Waals surface area contributed by atoms with Crippen molar-refractivity contribution >= 4 is 22.6 Å². The zero-order valence-electron chi connectivity index (χ0n) is 16.7. The number of hydrogen-bond donors (Lipinski definition) is 1. The van der Waals surface area contributed by atoms with E-state index in [0.29, 0.717) is 28.3 Å². The molecule has 0 spiro atoms. The van der Waals surface area contributed by atoms with Crippen LogP contribution in [0.4, 0.5) is 10.1 Å². The molecule has 0 atom stereocenters. The van der Waals surface area contributed by atoms with Crippen molar-refractivity contribution < 1.29 is 13.7 Å². The molecule has 0 aliphatic rings. The van der Waals surface area contributed by atoms with Crippen LogP contribution in [0.3, 0.4) is 0 Å². The van der Waals surface area contributed by atoms with Gasteiger partial charge in [0.05, 0.1) is 16.7 Å². The number of rotatable bonds is 5. The molecule has 154 valence electrons. The topological polar surface area (TPSA) is 95.0 Å². The molecule has 1 amide bonds. The number of fused-ring (bicyclic) bond motifs is 1. The fraction of sp³-hybridized carbons (Fsp3) is 0.238. The van der Waals surface area contributed by atoms with Gasteiger partial charge in [0.2, 0.25) is 17.6 Å². The van der Waals surface area contributed by atoms with E-state index in [-0.39, 0.29) is 24.0 Å². The van der Waals surface area contributed by atoms with E-state index in [0.717, 1.165) is 0 Å². The highest BCUT2D eigenvalue weighted by molar-refractivity contribution is 5.92. The number of nitrogens with zero attached hydrogens (tertiary/aromatic N) is 4. The highest BCUT2D eigenvalue weighted by Gasteiger charge is 2.19. The predicted octanol–water partition coefficient (Wildman–Crippen LogP) is 3.52. The summed E-state index contributed by atoms with van der Waals surface area (Å²) in [5.41, 5.74) is 1.62. The Bertz CT molecular complexity index is 1300. The Labute approximate surface area is 170 Å². The predicted molar refractivity (Wildman–Crippen MR) is 110 cm³/mol. The summed E-state index contributed by atoms with van der Waals surface area (Å²) in [5, 5.41) is 6.43. The number of hydrogen-bond acceptors (Lipinski definition) is 5. The number of aryl methyl sites for hydroxylation is 1. The minimum absolute atomic E-state index is 0.0612. The maximum Gasteiger partial charge on any atom is 0.329 e. The summed E-state index contributed by atoms with van der Waals surface area (Å²) in [6.45, 7) is 5.20. The molecule has 2 aromatic carbocycles. The Hall–Kier alpha value is -3.75. The minimum atomic E-state index is -0.544. The Morgan fingerprint density at radius 3 is 2.63 bits per heavy atom. The number of aromatic nitrogens is 4. The molecule has 0 fully saturated rings. The van der Waals surface area contributed by atoms with Gasteiger partial charge in [-0.15, -0.1) is 0 Å². The van der Waals surface area contributed by atoms with Crippen molar-refractivity contribution in [2.24, 2.45) is 0 Å². The third-order valence-corrected chi connectivity index (χ3v) is 4.71. The molecule has 9 heteroatoms. The molecule has 0 saturated heterocycles. The fourth-order valence-corrected chi connectivity index (χ4v) is 3.38. The maximum absolute atomic E-state index is 13.9. The van der Waals surface area contributed by atoms with Gasteiger partial charge < -0.3 is 9.84 Å². The molecule has 1 N–H and O–H groups in total. The molecule has 2 aromatic heterocycles. The third-order valence-electron chi connectivity index (χ3n) is 4.71. The first-order valence-corrected chi connectivity index (χ1v) is 9.45. The van der Waals surface area contributed by atoms with E-state index in [1.54, 1.807) is 35.8 Å². The summed E-state index contributed by atoms with van der Waals surface area (Å²) in [6.07, 6.45) is 0. The second-order valence-corrected chi connectivity index (χ2v) is 7.20. The molecule has 2 heterocycles. The molecule has 0 bridgehead atoms. The number of benzene rings is 2. The number of carbonyl (C=O) groups is 1. The van der Waals surface area contributed by atoms with Crippen molar-refractivity contribution in [1.82, 2.24) is 19.3 Å². The van der Waals surface area contributed by atoms with E-state index in [4.69, 9.17) is 4.52 Å². The van der Waals surface area contributed by atoms with Gasteiger partial charge in [0, 0.05) is 18.5 Å². The Morgan fingerprint density at radius 2 is 1.97 bits per heavy atom. The first-order valence-electron chi connectivity index (χ1n) is 9.45. The zero-order chi connectivity index (χ0) is 21.4. The summed E-state index contributed by atoms with van der Waals surface area (Å²) in [4.78, 5) is 29.9. The molecule has 4 aromatic rings. The van der Waals surface area contributed by atoms with Crippen LogP contribution in [-0.2, 0) is 11.3 Å². The van der Waals surface area contributed by atoms with Crippen molar-refractivity contribution in [3.8, 4) is 11.4 Å². The number of nitrogens with one attached hydrogen (secondary N) is 1. The first-order chi connectivity index (χ1) is 14.3. The quantitative estimate of drug-likeness (QED) is 0.544. The molecule has 8 nitrogen and oxygen atoms in total. The lowest BCUT2D eigenvalue weighted by atomic mass is 10.2. The summed E-state index contributed by atoms with van der Waals surface area (Å²) in [5.74, 6) is -0.239. The minimum Gasteiger partial charge on any atom is -0.339 e. The second kappa shape index (κ2) is 7.58. The van der Waals surface area contributed by atoms with Crippen LogP contribution in [0.1, 0.15) is 25.8 Å². The Balaban J connectivity index is 1.77. The van der Waals surface area contributed by atoms with Crippen molar-refractivity contribution in [2.45, 2.75) is 33.4 Å². The van der Waals surface area contributed by atoms with Gasteiger partial charge in [0.25, 0.3) is 0 Å². The molecular weight excluding hydrogens is 389 g/mol. The van der Waals surface area contributed by atoms with Crippen molar-refractivity contribution in [2.75, 3.05) is 5.32 Å². The number of anilines is 1. The average Bonchev–Trinajstić information content (AvgIpc) is 3.25. The van der Waals surface area contributed by atoms with Gasteiger partial charge in [-0.1, -0.05) is 17.3 Å². The van der Waals surface area contributed by atoms with Gasteiger partial charge in [-0.25, -0.2) is 9.18 Å². The monoisotopic (exact) mass is 409 g/mol. The molecule has 0 aliphatic carbocycles. The standard InChI is InChI=1S/C21H20FN5O3/c1-12(2)27-17-9-8-14(20-23-13(3)30-25-20)10-18(17)26(21(27)29)11-19(28)24-16-7-5-4-6-15(16)22/h4-10,12H,11H2,1-3H3,(H,24,28). The maximum atomic E-state index is 13.9. The second-order valence-electron chi connectivity index (χ2n) is 7.20. The largest absolute Gasteiger partial charge is 0.339 e. The third kappa shape index (κ3) is 3.49. The molecule has 0 saturated carbocycles. The van der Waals surface area contributed by atoms with Crippen LogP contribution in [0.2, 0.25) is 0 Å². The number of halogens is 1. The normalized spacial score (nSPS) is 11.4. The van der Waals surface area contributed by atoms with Gasteiger partial charge >= 0.3 is 5.69 Å². The number of amides is 1. The number of imidazole rings is 1. The van der Waals surface area contributed by atoms with Crippen LogP contribution >= 0.6 is 0 Å². The summed E-state index contributed by atoms with van der Waals surface area (Å²) in [6, 6.07) is 11.1. The fourth-order valence-electron chi connectivity index (χ4n) is 3.38. The Morgan fingerprint density at radius 1 is 1.20 bits per heavy atom. The van der Waals surface area contributed by atoms with E-state index in [1.807, 2.05) is 13.8 Å². The highest BCUT2D eigenvalue weighted by atomic mass is 19.1. The van der Waals surface area contributed by atoms with Gasteiger partial charge in [0.15, 0.2) is 0 Å². The van der Waals surface area contributed by atoms with Crippen molar-refractivity contribution in [3.05, 3.63) is 64.7 Å². The highest BCUT2D eigenvalue weighted by Crippen LogP contribution is 2.24. The molecule has 4 rings (SSSR count). The van der Waals surface area contributed by atoms with E-state index in [1.165, 1.54) is 22.8 Å².